The number of anilines is 2. The molecule has 8 nitrogen and oxygen atoms in total. The summed E-state index contributed by atoms with van der Waals surface area (Å²) in [6, 6.07) is 10.7. The minimum atomic E-state index is -0.0157. The topological polar surface area (TPSA) is 79.8 Å². The molecule has 2 aromatic carbocycles. The van der Waals surface area contributed by atoms with Crippen LogP contribution in [0.1, 0.15) is 55.1 Å². The van der Waals surface area contributed by atoms with E-state index in [2.05, 4.69) is 40.5 Å². The first-order valence-corrected chi connectivity index (χ1v) is 14.0. The molecule has 1 saturated carbocycles. The zero-order valence-electron chi connectivity index (χ0n) is 23.3. The molecule has 3 aliphatic rings. The minimum Gasteiger partial charge on any atom is -0.495 e. The Labute approximate surface area is 230 Å². The zero-order valence-corrected chi connectivity index (χ0v) is 23.3. The van der Waals surface area contributed by atoms with Crippen LogP contribution in [-0.2, 0) is 11.2 Å². The van der Waals surface area contributed by atoms with Crippen LogP contribution >= 0.6 is 0 Å². The summed E-state index contributed by atoms with van der Waals surface area (Å²) in [5, 5.41) is 3.41. The number of aryl methyl sites for hydroxylation is 1. The third-order valence-corrected chi connectivity index (χ3v) is 7.86. The van der Waals surface area contributed by atoms with Crippen molar-refractivity contribution in [3.05, 3.63) is 59.0 Å². The summed E-state index contributed by atoms with van der Waals surface area (Å²) in [7, 11) is 1.73. The highest BCUT2D eigenvalue weighted by Crippen LogP contribution is 2.46. The fourth-order valence-corrected chi connectivity index (χ4v) is 5.78. The molecule has 6 rings (SSSR count). The standard InChI is InChI=1S/C31H37N5O3/c1-19(2)36-26-16-23(13-20(3)31(26)39-18-29(36)37)30-24(22-6-7-22)17-33-28(34-30)15-21-5-8-25(27(14-21)38-4)35-11-9-32-10-12-35/h5,8,13-14,16-17,19,22,32H,6-7,9-12,15,18H2,1-4H3. The molecule has 0 spiro atoms. The largest absolute Gasteiger partial charge is 0.495 e. The van der Waals surface area contributed by atoms with Crippen LogP contribution in [0.4, 0.5) is 11.4 Å². The lowest BCUT2D eigenvalue weighted by molar-refractivity contribution is -0.121. The van der Waals surface area contributed by atoms with E-state index in [0.717, 1.165) is 90.1 Å². The average Bonchev–Trinajstić information content (AvgIpc) is 3.78. The molecule has 0 radical (unpaired) electrons. The highest BCUT2D eigenvalue weighted by Gasteiger charge is 2.32. The van der Waals surface area contributed by atoms with Gasteiger partial charge < -0.3 is 24.6 Å². The van der Waals surface area contributed by atoms with E-state index >= 15 is 0 Å². The number of nitrogens with one attached hydrogen (secondary N) is 1. The van der Waals surface area contributed by atoms with Crippen LogP contribution in [0.15, 0.2) is 36.5 Å². The lowest BCUT2D eigenvalue weighted by Gasteiger charge is -2.33. The van der Waals surface area contributed by atoms with Gasteiger partial charge in [-0.2, -0.15) is 0 Å². The molecule has 3 aromatic rings. The van der Waals surface area contributed by atoms with Gasteiger partial charge in [-0.3, -0.25) is 4.79 Å². The Balaban J connectivity index is 1.35. The Kier molecular flexibility index (Phi) is 6.89. The first kappa shape index (κ1) is 25.6. The number of nitrogens with zero attached hydrogens (tertiary/aromatic N) is 4. The molecule has 1 aliphatic carbocycles. The predicted octanol–water partition coefficient (Wildman–Crippen LogP) is 4.47. The van der Waals surface area contributed by atoms with Crippen molar-refractivity contribution in [1.82, 2.24) is 15.3 Å². The van der Waals surface area contributed by atoms with Crippen molar-refractivity contribution in [2.75, 3.05) is 49.7 Å². The molecule has 0 atom stereocenters. The van der Waals surface area contributed by atoms with Gasteiger partial charge >= 0.3 is 0 Å². The summed E-state index contributed by atoms with van der Waals surface area (Å²) in [6.07, 6.45) is 4.94. The van der Waals surface area contributed by atoms with Gasteiger partial charge in [0, 0.05) is 50.4 Å². The third kappa shape index (κ3) is 5.05. The number of piperazine rings is 1. The Morgan fingerprint density at radius 3 is 2.64 bits per heavy atom. The van der Waals surface area contributed by atoms with Crippen LogP contribution in [0, 0.1) is 6.92 Å². The highest BCUT2D eigenvalue weighted by atomic mass is 16.5. The lowest BCUT2D eigenvalue weighted by Crippen LogP contribution is -2.43. The Morgan fingerprint density at radius 1 is 1.13 bits per heavy atom. The quantitative estimate of drug-likeness (QED) is 0.486. The number of fused-ring (bicyclic) bond motifs is 1. The third-order valence-electron chi connectivity index (χ3n) is 7.86. The van der Waals surface area contributed by atoms with Gasteiger partial charge in [-0.1, -0.05) is 6.07 Å². The number of ether oxygens (including phenoxy) is 2. The van der Waals surface area contributed by atoms with E-state index in [-0.39, 0.29) is 18.6 Å². The summed E-state index contributed by atoms with van der Waals surface area (Å²) in [4.78, 5) is 26.9. The molecule has 1 aromatic heterocycles. The molecule has 0 unspecified atom stereocenters. The second-order valence-corrected chi connectivity index (χ2v) is 11.1. The molecule has 2 aliphatic heterocycles. The Morgan fingerprint density at radius 2 is 1.92 bits per heavy atom. The van der Waals surface area contributed by atoms with Crippen molar-refractivity contribution in [2.45, 2.75) is 52.0 Å². The van der Waals surface area contributed by atoms with E-state index in [1.807, 2.05) is 31.9 Å². The second kappa shape index (κ2) is 10.5. The van der Waals surface area contributed by atoms with Gasteiger partial charge in [0.05, 0.1) is 24.2 Å². The molecule has 1 N–H and O–H groups in total. The minimum absolute atomic E-state index is 0.0157. The fraction of sp³-hybridized carbons (Fsp3) is 0.452. The normalized spacial score (nSPS) is 17.3. The van der Waals surface area contributed by atoms with E-state index < -0.39 is 0 Å². The molecular formula is C31H37N5O3. The van der Waals surface area contributed by atoms with Crippen LogP contribution in [0.3, 0.4) is 0 Å². The maximum atomic E-state index is 12.7. The van der Waals surface area contributed by atoms with E-state index in [0.29, 0.717) is 12.3 Å². The molecule has 1 saturated heterocycles. The van der Waals surface area contributed by atoms with Gasteiger partial charge in [0.2, 0.25) is 0 Å². The average molecular weight is 528 g/mol. The number of hydrogen-bond donors (Lipinski definition) is 1. The van der Waals surface area contributed by atoms with E-state index in [1.54, 1.807) is 7.11 Å². The molecule has 0 bridgehead atoms. The van der Waals surface area contributed by atoms with Gasteiger partial charge in [-0.05, 0) is 80.5 Å². The molecule has 204 valence electrons. The number of rotatable bonds is 7. The van der Waals surface area contributed by atoms with Gasteiger partial charge in [-0.15, -0.1) is 0 Å². The maximum absolute atomic E-state index is 12.7. The molecule has 3 heterocycles. The van der Waals surface area contributed by atoms with Gasteiger partial charge in [0.15, 0.2) is 6.61 Å². The van der Waals surface area contributed by atoms with Crippen molar-refractivity contribution < 1.29 is 14.3 Å². The van der Waals surface area contributed by atoms with Crippen molar-refractivity contribution >= 4 is 17.3 Å². The predicted molar refractivity (Wildman–Crippen MR) is 153 cm³/mol. The fourth-order valence-electron chi connectivity index (χ4n) is 5.78. The van der Waals surface area contributed by atoms with Crippen LogP contribution in [0.2, 0.25) is 0 Å². The van der Waals surface area contributed by atoms with Crippen molar-refractivity contribution in [1.29, 1.82) is 0 Å². The Bertz CT molecular complexity index is 1400. The first-order valence-electron chi connectivity index (χ1n) is 14.0. The Hall–Kier alpha value is -3.65. The van der Waals surface area contributed by atoms with E-state index in [9.17, 15) is 4.79 Å². The van der Waals surface area contributed by atoms with Crippen molar-refractivity contribution in [3.8, 4) is 22.8 Å². The lowest BCUT2D eigenvalue weighted by atomic mass is 9.99. The number of benzene rings is 2. The van der Waals surface area contributed by atoms with Crippen LogP contribution in [0.5, 0.6) is 11.5 Å². The SMILES string of the molecule is COc1cc(Cc2ncc(C3CC3)c(-c3cc(C)c4c(c3)N(C(C)C)C(=O)CO4)n2)ccc1N1CCNCC1. The van der Waals surface area contributed by atoms with Gasteiger partial charge in [0.1, 0.15) is 17.3 Å². The number of carbonyl (C=O) groups is 1. The molecule has 39 heavy (non-hydrogen) atoms. The monoisotopic (exact) mass is 527 g/mol. The maximum Gasteiger partial charge on any atom is 0.265 e. The first-order chi connectivity index (χ1) is 18.9. The summed E-state index contributed by atoms with van der Waals surface area (Å²) in [5.74, 6) is 2.91. The number of carbonyl (C=O) groups excluding carboxylic acids is 1. The van der Waals surface area contributed by atoms with Gasteiger partial charge in [-0.25, -0.2) is 9.97 Å². The molecule has 2 fully saturated rings. The molecule has 1 amide bonds. The summed E-state index contributed by atoms with van der Waals surface area (Å²) >= 11 is 0. The zero-order chi connectivity index (χ0) is 27.1. The van der Waals surface area contributed by atoms with Crippen LogP contribution in [0.25, 0.3) is 11.3 Å². The summed E-state index contributed by atoms with van der Waals surface area (Å²) in [6.45, 7) is 10.1. The van der Waals surface area contributed by atoms with Gasteiger partial charge in [0.25, 0.3) is 5.91 Å². The smallest absolute Gasteiger partial charge is 0.265 e. The number of amides is 1. The summed E-state index contributed by atoms with van der Waals surface area (Å²) < 4.78 is 11.6. The van der Waals surface area contributed by atoms with Crippen molar-refractivity contribution in [2.24, 2.45) is 0 Å². The number of aromatic nitrogens is 2. The summed E-state index contributed by atoms with van der Waals surface area (Å²) in [5.41, 5.74) is 7.23. The van der Waals surface area contributed by atoms with E-state index in [4.69, 9.17) is 19.4 Å². The number of hydrogen-bond acceptors (Lipinski definition) is 7. The molecule has 8 heteroatoms. The highest BCUT2D eigenvalue weighted by molar-refractivity contribution is 5.99. The molecular weight excluding hydrogens is 490 g/mol. The second-order valence-electron chi connectivity index (χ2n) is 11.1. The van der Waals surface area contributed by atoms with Crippen molar-refractivity contribution in [3.63, 3.8) is 0 Å². The van der Waals surface area contributed by atoms with E-state index in [1.165, 1.54) is 5.56 Å². The number of methoxy groups -OCH3 is 1. The van der Waals surface area contributed by atoms with Crippen LogP contribution < -0.4 is 24.6 Å². The van der Waals surface area contributed by atoms with Crippen LogP contribution in [-0.4, -0.2) is 61.8 Å².